The average Bonchev–Trinajstić information content (AvgIpc) is 3.26. The van der Waals surface area contributed by atoms with E-state index in [9.17, 15) is 14.4 Å². The number of amides is 2. The minimum Gasteiger partial charge on any atom is -0.461 e. The number of carbonyl (C=O) groups excluding carboxylic acids is 2. The van der Waals surface area contributed by atoms with Gasteiger partial charge >= 0.3 is 5.63 Å². The van der Waals surface area contributed by atoms with Crippen LogP contribution in [0, 0.1) is 20.8 Å². The van der Waals surface area contributed by atoms with Crippen molar-refractivity contribution < 1.29 is 18.4 Å². The lowest BCUT2D eigenvalue weighted by Gasteiger charge is -2.22. The summed E-state index contributed by atoms with van der Waals surface area (Å²) >= 11 is 0. The summed E-state index contributed by atoms with van der Waals surface area (Å²) in [5.74, 6) is 0.185. The van der Waals surface area contributed by atoms with Crippen molar-refractivity contribution in [2.45, 2.75) is 52.5 Å². The fourth-order valence-corrected chi connectivity index (χ4v) is 4.25. The normalized spacial score (nSPS) is 16.8. The molecule has 7 heteroatoms. The molecule has 1 saturated heterocycles. The van der Waals surface area contributed by atoms with Crippen molar-refractivity contribution in [3.05, 3.63) is 45.0 Å². The zero-order valence-electron chi connectivity index (χ0n) is 16.8. The van der Waals surface area contributed by atoms with Crippen molar-refractivity contribution in [3.8, 4) is 0 Å². The summed E-state index contributed by atoms with van der Waals surface area (Å²) in [6.07, 6.45) is 1.74. The Morgan fingerprint density at radius 2 is 1.79 bits per heavy atom. The third-order valence-electron chi connectivity index (χ3n) is 6.07. The lowest BCUT2D eigenvalue weighted by Crippen LogP contribution is -2.43. The fourth-order valence-electron chi connectivity index (χ4n) is 4.25. The standard InChI is InChI=1S/C22H24N2O5/c1-11-13(3)28-18-10-19-16(9-15(11)18)12(2)14(22(27)29-19)6-7-20(25)24-8-4-5-17(24)21(23)26/h9-10,17H,4-8H2,1-3H3,(H2,23,26). The molecule has 0 saturated carbocycles. The first-order valence-electron chi connectivity index (χ1n) is 9.82. The smallest absolute Gasteiger partial charge is 0.339 e. The second kappa shape index (κ2) is 7.06. The predicted molar refractivity (Wildman–Crippen MR) is 109 cm³/mol. The molecule has 1 aliphatic heterocycles. The first-order chi connectivity index (χ1) is 13.8. The highest BCUT2D eigenvalue weighted by atomic mass is 16.4. The number of furan rings is 1. The number of aryl methyl sites for hydroxylation is 3. The molecule has 1 atom stereocenters. The van der Waals surface area contributed by atoms with Crippen LogP contribution in [0.4, 0.5) is 0 Å². The molecule has 1 aliphatic rings. The molecular formula is C22H24N2O5. The van der Waals surface area contributed by atoms with Gasteiger partial charge < -0.3 is 19.5 Å². The van der Waals surface area contributed by atoms with Gasteiger partial charge in [0, 0.05) is 35.4 Å². The number of likely N-dealkylation sites (tertiary alicyclic amines) is 1. The molecule has 4 rings (SSSR count). The molecule has 2 N–H and O–H groups in total. The number of primary amides is 1. The Hall–Kier alpha value is -3.09. The van der Waals surface area contributed by atoms with Crippen molar-refractivity contribution in [1.29, 1.82) is 0 Å². The molecule has 0 bridgehead atoms. The minimum absolute atomic E-state index is 0.132. The minimum atomic E-state index is -0.544. The fraction of sp³-hybridized carbons (Fsp3) is 0.409. The van der Waals surface area contributed by atoms with E-state index in [1.165, 1.54) is 4.90 Å². The highest BCUT2D eigenvalue weighted by Gasteiger charge is 2.32. The molecule has 1 aromatic carbocycles. The number of fused-ring (bicyclic) bond motifs is 2. The summed E-state index contributed by atoms with van der Waals surface area (Å²) in [6.45, 7) is 6.29. The van der Waals surface area contributed by atoms with Gasteiger partial charge in [0.2, 0.25) is 11.8 Å². The topological polar surface area (TPSA) is 107 Å². The molecular weight excluding hydrogens is 372 g/mol. The van der Waals surface area contributed by atoms with Crippen LogP contribution in [0.1, 0.15) is 41.7 Å². The Bertz CT molecular complexity index is 1200. The van der Waals surface area contributed by atoms with Gasteiger partial charge in [-0.15, -0.1) is 0 Å². The van der Waals surface area contributed by atoms with Gasteiger partial charge in [0.05, 0.1) is 0 Å². The Morgan fingerprint density at radius 1 is 1.10 bits per heavy atom. The van der Waals surface area contributed by atoms with Crippen LogP contribution in [-0.2, 0) is 16.0 Å². The van der Waals surface area contributed by atoms with Gasteiger partial charge in [-0.1, -0.05) is 0 Å². The number of hydrogen-bond donors (Lipinski definition) is 1. The van der Waals surface area contributed by atoms with Crippen LogP contribution in [0.2, 0.25) is 0 Å². The van der Waals surface area contributed by atoms with Gasteiger partial charge in [-0.2, -0.15) is 0 Å². The SMILES string of the molecule is Cc1oc2cc3oc(=O)c(CCC(=O)N4CCCC4C(N)=O)c(C)c3cc2c1C. The Balaban J connectivity index is 1.66. The zero-order chi connectivity index (χ0) is 20.9. The van der Waals surface area contributed by atoms with Gasteiger partial charge in [-0.3, -0.25) is 9.59 Å². The van der Waals surface area contributed by atoms with Crippen molar-refractivity contribution in [2.24, 2.45) is 5.73 Å². The molecule has 2 amide bonds. The number of benzene rings is 1. The summed E-state index contributed by atoms with van der Waals surface area (Å²) in [4.78, 5) is 38.3. The van der Waals surface area contributed by atoms with Gasteiger partial charge in [-0.25, -0.2) is 4.79 Å². The number of hydrogen-bond acceptors (Lipinski definition) is 5. The van der Waals surface area contributed by atoms with E-state index in [4.69, 9.17) is 14.6 Å². The lowest BCUT2D eigenvalue weighted by molar-refractivity contribution is -0.137. The summed E-state index contributed by atoms with van der Waals surface area (Å²) in [5, 5.41) is 1.81. The van der Waals surface area contributed by atoms with E-state index >= 15 is 0 Å². The highest BCUT2D eigenvalue weighted by molar-refractivity contribution is 5.96. The number of carbonyl (C=O) groups is 2. The van der Waals surface area contributed by atoms with E-state index in [1.807, 2.05) is 26.8 Å². The monoisotopic (exact) mass is 396 g/mol. The molecule has 1 fully saturated rings. The maximum absolute atomic E-state index is 12.6. The Kier molecular flexibility index (Phi) is 4.68. The summed E-state index contributed by atoms with van der Waals surface area (Å²) in [6, 6.07) is 3.18. The molecule has 7 nitrogen and oxygen atoms in total. The van der Waals surface area contributed by atoms with Crippen LogP contribution in [0.5, 0.6) is 0 Å². The second-order valence-electron chi connectivity index (χ2n) is 7.77. The lowest BCUT2D eigenvalue weighted by atomic mass is 10.00. The maximum atomic E-state index is 12.6. The number of rotatable bonds is 4. The van der Waals surface area contributed by atoms with Crippen LogP contribution in [0.3, 0.4) is 0 Å². The molecule has 1 unspecified atom stereocenters. The van der Waals surface area contributed by atoms with Gasteiger partial charge in [0.15, 0.2) is 0 Å². The first-order valence-corrected chi connectivity index (χ1v) is 9.82. The predicted octanol–water partition coefficient (Wildman–Crippen LogP) is 2.87. The van der Waals surface area contributed by atoms with Gasteiger partial charge in [0.1, 0.15) is 23.0 Å². The zero-order valence-corrected chi connectivity index (χ0v) is 16.8. The Morgan fingerprint density at radius 3 is 2.52 bits per heavy atom. The third-order valence-corrected chi connectivity index (χ3v) is 6.07. The van der Waals surface area contributed by atoms with E-state index < -0.39 is 17.6 Å². The average molecular weight is 396 g/mol. The summed E-state index contributed by atoms with van der Waals surface area (Å²) in [7, 11) is 0. The van der Waals surface area contributed by atoms with E-state index in [-0.39, 0.29) is 18.7 Å². The van der Waals surface area contributed by atoms with E-state index in [2.05, 4.69) is 0 Å². The molecule has 3 aromatic rings. The van der Waals surface area contributed by atoms with Crippen molar-refractivity contribution >= 4 is 33.8 Å². The first kappa shape index (κ1) is 19.2. The maximum Gasteiger partial charge on any atom is 0.339 e. The molecule has 3 heterocycles. The van der Waals surface area contributed by atoms with Crippen molar-refractivity contribution in [3.63, 3.8) is 0 Å². The largest absolute Gasteiger partial charge is 0.461 e. The van der Waals surface area contributed by atoms with Gasteiger partial charge in [-0.05, 0) is 57.2 Å². The second-order valence-corrected chi connectivity index (χ2v) is 7.77. The summed E-state index contributed by atoms with van der Waals surface area (Å²) in [5.41, 5.74) is 8.44. The van der Waals surface area contributed by atoms with Gasteiger partial charge in [0.25, 0.3) is 0 Å². The van der Waals surface area contributed by atoms with Crippen LogP contribution in [0.25, 0.3) is 21.9 Å². The number of nitrogens with zero attached hydrogens (tertiary/aromatic N) is 1. The molecule has 0 radical (unpaired) electrons. The third kappa shape index (κ3) is 3.20. The molecule has 152 valence electrons. The molecule has 0 spiro atoms. The molecule has 2 aromatic heterocycles. The quantitative estimate of drug-likeness (QED) is 0.683. The highest BCUT2D eigenvalue weighted by Crippen LogP contribution is 2.31. The van der Waals surface area contributed by atoms with E-state index in [0.717, 1.165) is 34.1 Å². The molecule has 0 aliphatic carbocycles. The molecule has 29 heavy (non-hydrogen) atoms. The van der Waals surface area contributed by atoms with Crippen LogP contribution in [0.15, 0.2) is 25.8 Å². The van der Waals surface area contributed by atoms with Crippen molar-refractivity contribution in [2.75, 3.05) is 6.54 Å². The van der Waals surface area contributed by atoms with Crippen molar-refractivity contribution in [1.82, 2.24) is 4.90 Å². The number of nitrogens with two attached hydrogens (primary N) is 1. The van der Waals surface area contributed by atoms with Crippen LogP contribution < -0.4 is 11.4 Å². The van der Waals surface area contributed by atoms with E-state index in [1.54, 1.807) is 6.07 Å². The summed E-state index contributed by atoms with van der Waals surface area (Å²) < 4.78 is 11.3. The van der Waals surface area contributed by atoms with Crippen LogP contribution in [-0.4, -0.2) is 29.3 Å². The van der Waals surface area contributed by atoms with E-state index in [0.29, 0.717) is 29.7 Å². The Labute approximate surface area is 167 Å². The van der Waals surface area contributed by atoms with Crippen LogP contribution >= 0.6 is 0 Å².